The predicted octanol–water partition coefficient (Wildman–Crippen LogP) is 4.01. The van der Waals surface area contributed by atoms with Crippen LogP contribution in [-0.4, -0.2) is 4.98 Å². The molecule has 0 bridgehead atoms. The molecule has 0 fully saturated rings. The maximum atomic E-state index is 13.1. The number of nitrogens with zero attached hydrogens (tertiary/aromatic N) is 1. The number of aryl methyl sites for hydroxylation is 1. The summed E-state index contributed by atoms with van der Waals surface area (Å²) in [5, 5.41) is 0. The maximum absolute atomic E-state index is 13.1. The first-order chi connectivity index (χ1) is 8.39. The third-order valence-corrected chi connectivity index (χ3v) is 2.47. The second kappa shape index (κ2) is 5.80. The monoisotopic (exact) mass is 447 g/mol. The molecule has 1 aromatic carbocycles. The summed E-state index contributed by atoms with van der Waals surface area (Å²) in [6, 6.07) is 7.27. The molecule has 0 aliphatic carbocycles. The molecule has 1 radical (unpaired) electrons. The van der Waals surface area contributed by atoms with Crippen molar-refractivity contribution in [3.8, 4) is 11.3 Å². The minimum absolute atomic E-state index is 0. The van der Waals surface area contributed by atoms with Gasteiger partial charge in [0.1, 0.15) is 0 Å². The Kier molecular flexibility index (Phi) is 4.82. The molecule has 0 spiro atoms. The van der Waals surface area contributed by atoms with Gasteiger partial charge in [0.05, 0.1) is 0 Å². The normalized spacial score (nSPS) is 11.0. The smallest absolute Gasteiger partial charge is 0.304 e. The van der Waals surface area contributed by atoms with E-state index < -0.39 is 17.6 Å². The summed E-state index contributed by atoms with van der Waals surface area (Å²) in [7, 11) is 0. The molecular weight excluding hydrogens is 438 g/mol. The van der Waals surface area contributed by atoms with Crippen LogP contribution >= 0.6 is 0 Å². The van der Waals surface area contributed by atoms with Crippen LogP contribution in [0.1, 0.15) is 11.1 Å². The molecule has 1 nitrogen and oxygen atoms in total. The fraction of sp³-hybridized carbons (Fsp3) is 0.154. The summed E-state index contributed by atoms with van der Waals surface area (Å²) >= 11 is 0. The van der Waals surface area contributed by atoms with E-state index in [4.69, 9.17) is 0 Å². The third-order valence-electron chi connectivity index (χ3n) is 2.47. The van der Waals surface area contributed by atoms with Gasteiger partial charge in [-0.05, 0) is 18.7 Å². The van der Waals surface area contributed by atoms with E-state index in [1.54, 1.807) is 19.1 Å². The molecule has 1 aromatic heterocycles. The van der Waals surface area contributed by atoms with Crippen molar-refractivity contribution in [2.24, 2.45) is 0 Å². The Hall–Kier alpha value is -1.26. The first-order valence-corrected chi connectivity index (χ1v) is 5.10. The molecule has 2 aromatic rings. The van der Waals surface area contributed by atoms with Crippen LogP contribution in [0, 0.1) is 18.8 Å². The molecule has 0 saturated heterocycles. The van der Waals surface area contributed by atoms with Crippen LogP contribution in [-0.2, 0) is 26.3 Å². The van der Waals surface area contributed by atoms with Crippen LogP contribution in [0.4, 0.5) is 17.6 Å². The largest absolute Gasteiger partial charge is 0.402 e. The first-order valence-electron chi connectivity index (χ1n) is 5.10. The standard InChI is InChI=1S/C13H8F4N.Ir/c1-8-3-2-6-18-12(8)9-4-5-11(14)10(7-9)13(15,16)17;/h2-3,5-7H,1H3;/q-1;. The maximum Gasteiger partial charge on any atom is 0.402 e. The molecule has 2 rings (SSSR count). The fourth-order valence-corrected chi connectivity index (χ4v) is 1.60. The van der Waals surface area contributed by atoms with Crippen LogP contribution in [0.3, 0.4) is 0 Å². The van der Waals surface area contributed by atoms with Crippen LogP contribution in [0.25, 0.3) is 11.3 Å². The number of halogens is 4. The zero-order valence-corrected chi connectivity index (χ0v) is 12.1. The van der Waals surface area contributed by atoms with Crippen molar-refractivity contribution in [1.82, 2.24) is 4.98 Å². The van der Waals surface area contributed by atoms with Crippen molar-refractivity contribution in [2.45, 2.75) is 13.1 Å². The molecule has 0 aliphatic rings. The molecule has 0 N–H and O–H groups in total. The van der Waals surface area contributed by atoms with Crippen molar-refractivity contribution < 1.29 is 37.7 Å². The number of benzene rings is 1. The molecule has 0 saturated carbocycles. The van der Waals surface area contributed by atoms with E-state index in [1.807, 2.05) is 0 Å². The van der Waals surface area contributed by atoms with Gasteiger partial charge < -0.3 is 4.98 Å². The van der Waals surface area contributed by atoms with Gasteiger partial charge in [-0.3, -0.25) is 4.39 Å². The number of rotatable bonds is 1. The van der Waals surface area contributed by atoms with Crippen LogP contribution < -0.4 is 0 Å². The first kappa shape index (κ1) is 15.8. The van der Waals surface area contributed by atoms with Gasteiger partial charge in [-0.1, -0.05) is 11.6 Å². The Bertz CT molecular complexity index is 581. The Balaban J connectivity index is 0.00000180. The van der Waals surface area contributed by atoms with Crippen molar-refractivity contribution >= 4 is 0 Å². The average Bonchev–Trinajstić information content (AvgIpc) is 2.29. The van der Waals surface area contributed by atoms with Gasteiger partial charge >= 0.3 is 6.18 Å². The summed E-state index contributed by atoms with van der Waals surface area (Å²) < 4.78 is 50.8. The third kappa shape index (κ3) is 3.39. The van der Waals surface area contributed by atoms with Gasteiger partial charge in [0.2, 0.25) is 0 Å². The van der Waals surface area contributed by atoms with Gasteiger partial charge in [-0.2, -0.15) is 13.2 Å². The van der Waals surface area contributed by atoms with Crippen molar-refractivity contribution in [3.63, 3.8) is 0 Å². The number of hydrogen-bond donors (Lipinski definition) is 0. The summed E-state index contributed by atoms with van der Waals surface area (Å²) in [6.07, 6.45) is -3.26. The minimum Gasteiger partial charge on any atom is -0.304 e. The van der Waals surface area contributed by atoms with E-state index in [1.165, 1.54) is 6.20 Å². The second-order valence-corrected chi connectivity index (χ2v) is 3.77. The number of pyridine rings is 1. The van der Waals surface area contributed by atoms with E-state index in [0.29, 0.717) is 17.3 Å². The van der Waals surface area contributed by atoms with Crippen LogP contribution in [0.15, 0.2) is 30.5 Å². The molecule has 19 heavy (non-hydrogen) atoms. The minimum atomic E-state index is -4.73. The molecule has 6 heteroatoms. The second-order valence-electron chi connectivity index (χ2n) is 3.77. The van der Waals surface area contributed by atoms with E-state index in [2.05, 4.69) is 11.1 Å². The Morgan fingerprint density at radius 3 is 2.53 bits per heavy atom. The molecule has 0 aliphatic heterocycles. The van der Waals surface area contributed by atoms with E-state index >= 15 is 0 Å². The SMILES string of the molecule is Cc1cccnc1-c1[c-]cc(F)c(C(F)(F)F)c1.[Ir]. The van der Waals surface area contributed by atoms with Crippen molar-refractivity contribution in [2.75, 3.05) is 0 Å². The molecule has 0 unspecified atom stereocenters. The van der Waals surface area contributed by atoms with Crippen LogP contribution in [0.2, 0.25) is 0 Å². The van der Waals surface area contributed by atoms with Gasteiger partial charge in [0, 0.05) is 37.7 Å². The number of hydrogen-bond acceptors (Lipinski definition) is 1. The Labute approximate surface area is 121 Å². The van der Waals surface area contributed by atoms with E-state index in [9.17, 15) is 17.6 Å². The summed E-state index contributed by atoms with van der Waals surface area (Å²) in [5.74, 6) is -1.33. The zero-order valence-electron chi connectivity index (χ0n) is 9.68. The number of aromatic nitrogens is 1. The summed E-state index contributed by atoms with van der Waals surface area (Å²) in [4.78, 5) is 3.98. The number of alkyl halides is 3. The molecule has 0 atom stereocenters. The van der Waals surface area contributed by atoms with Crippen molar-refractivity contribution in [3.05, 3.63) is 53.5 Å². The Morgan fingerprint density at radius 2 is 1.95 bits per heavy atom. The zero-order chi connectivity index (χ0) is 13.3. The molecule has 0 amide bonds. The van der Waals surface area contributed by atoms with Gasteiger partial charge in [-0.15, -0.1) is 23.8 Å². The fourth-order valence-electron chi connectivity index (χ4n) is 1.60. The molecule has 103 valence electrons. The molecular formula is C13H8F4IrN-. The van der Waals surface area contributed by atoms with Crippen molar-refractivity contribution in [1.29, 1.82) is 0 Å². The Morgan fingerprint density at radius 1 is 1.26 bits per heavy atom. The average molecular weight is 446 g/mol. The van der Waals surface area contributed by atoms with Gasteiger partial charge in [-0.25, -0.2) is 0 Å². The van der Waals surface area contributed by atoms with Gasteiger partial charge in [0.15, 0.2) is 0 Å². The molecule has 1 heterocycles. The quantitative estimate of drug-likeness (QED) is 0.477. The van der Waals surface area contributed by atoms with E-state index in [0.717, 1.165) is 6.07 Å². The van der Waals surface area contributed by atoms with Crippen LogP contribution in [0.5, 0.6) is 0 Å². The predicted molar refractivity (Wildman–Crippen MR) is 58.2 cm³/mol. The van der Waals surface area contributed by atoms with E-state index in [-0.39, 0.29) is 25.7 Å². The summed E-state index contributed by atoms with van der Waals surface area (Å²) in [6.45, 7) is 1.72. The van der Waals surface area contributed by atoms with Gasteiger partial charge in [0.25, 0.3) is 0 Å². The summed E-state index contributed by atoms with van der Waals surface area (Å²) in [5.41, 5.74) is -0.111. The topological polar surface area (TPSA) is 12.9 Å².